The molecule has 1 heterocycles. The predicted octanol–water partition coefficient (Wildman–Crippen LogP) is 2.96. The third-order valence-electron chi connectivity index (χ3n) is 4.00. The largest absolute Gasteiger partial charge is 0.399 e. The van der Waals surface area contributed by atoms with E-state index in [1.807, 2.05) is 12.1 Å². The van der Waals surface area contributed by atoms with Gasteiger partial charge in [0, 0.05) is 30.0 Å². The Morgan fingerprint density at radius 3 is 2.71 bits per heavy atom. The summed E-state index contributed by atoms with van der Waals surface area (Å²) in [6.45, 7) is 4.09. The van der Waals surface area contributed by atoms with Crippen LogP contribution in [0.25, 0.3) is 0 Å². The molecule has 3 rings (SSSR count). The van der Waals surface area contributed by atoms with Gasteiger partial charge in [-0.1, -0.05) is 19.1 Å². The molecule has 1 aromatic heterocycles. The highest BCUT2D eigenvalue weighted by molar-refractivity contribution is 5.51. The maximum Gasteiger partial charge on any atom is 0.135 e. The zero-order chi connectivity index (χ0) is 14.7. The highest BCUT2D eigenvalue weighted by Crippen LogP contribution is 2.28. The van der Waals surface area contributed by atoms with Crippen LogP contribution in [0.1, 0.15) is 36.6 Å². The number of nitrogens with zero attached hydrogens (tertiary/aromatic N) is 3. The van der Waals surface area contributed by atoms with E-state index in [0.717, 1.165) is 43.9 Å². The zero-order valence-corrected chi connectivity index (χ0v) is 12.5. The van der Waals surface area contributed by atoms with E-state index < -0.39 is 0 Å². The molecule has 4 heteroatoms. The van der Waals surface area contributed by atoms with Crippen LogP contribution in [0.3, 0.4) is 0 Å². The van der Waals surface area contributed by atoms with Crippen LogP contribution >= 0.6 is 0 Å². The molecule has 1 aliphatic carbocycles. The molecule has 0 unspecified atom stereocenters. The Morgan fingerprint density at radius 2 is 1.95 bits per heavy atom. The molecule has 0 spiro atoms. The minimum Gasteiger partial charge on any atom is -0.399 e. The van der Waals surface area contributed by atoms with Gasteiger partial charge in [-0.25, -0.2) is 9.97 Å². The molecule has 0 atom stereocenters. The fourth-order valence-corrected chi connectivity index (χ4v) is 2.99. The maximum atomic E-state index is 5.77. The maximum absolute atomic E-state index is 5.77. The monoisotopic (exact) mass is 282 g/mol. The highest BCUT2D eigenvalue weighted by Gasteiger charge is 2.20. The lowest BCUT2D eigenvalue weighted by molar-refractivity contribution is 0.746. The Hall–Kier alpha value is -2.10. The second-order valence-electron chi connectivity index (χ2n) is 5.64. The molecule has 110 valence electrons. The van der Waals surface area contributed by atoms with Crippen LogP contribution in [0.4, 0.5) is 11.5 Å². The molecule has 0 saturated heterocycles. The average Bonchev–Trinajstić information content (AvgIpc) is 2.97. The van der Waals surface area contributed by atoms with E-state index in [1.165, 1.54) is 23.2 Å². The van der Waals surface area contributed by atoms with Gasteiger partial charge in [0.25, 0.3) is 0 Å². The molecule has 1 aromatic carbocycles. The first-order valence-corrected chi connectivity index (χ1v) is 7.70. The van der Waals surface area contributed by atoms with Gasteiger partial charge in [-0.2, -0.15) is 0 Å². The van der Waals surface area contributed by atoms with Crippen LogP contribution < -0.4 is 10.6 Å². The Kier molecular flexibility index (Phi) is 4.04. The van der Waals surface area contributed by atoms with Crippen molar-refractivity contribution in [2.24, 2.45) is 0 Å². The average molecular weight is 282 g/mol. The number of fused-ring (bicyclic) bond motifs is 1. The lowest BCUT2D eigenvalue weighted by atomic mass is 10.1. The number of rotatable bonds is 5. The number of aromatic nitrogens is 2. The van der Waals surface area contributed by atoms with E-state index in [-0.39, 0.29) is 0 Å². The summed E-state index contributed by atoms with van der Waals surface area (Å²) in [5, 5.41) is 0. The molecule has 0 fully saturated rings. The Bertz CT molecular complexity index is 607. The number of anilines is 2. The summed E-state index contributed by atoms with van der Waals surface area (Å²) in [5.41, 5.74) is 10.4. The third-order valence-corrected chi connectivity index (χ3v) is 4.00. The minimum atomic E-state index is 0.809. The van der Waals surface area contributed by atoms with E-state index in [1.54, 1.807) is 6.33 Å². The molecule has 21 heavy (non-hydrogen) atoms. The van der Waals surface area contributed by atoms with Crippen LogP contribution in [0.5, 0.6) is 0 Å². The van der Waals surface area contributed by atoms with Gasteiger partial charge in [0.15, 0.2) is 0 Å². The molecular weight excluding hydrogens is 260 g/mol. The Morgan fingerprint density at radius 1 is 1.14 bits per heavy atom. The molecule has 2 aromatic rings. The van der Waals surface area contributed by atoms with Gasteiger partial charge in [-0.05, 0) is 43.4 Å². The summed E-state index contributed by atoms with van der Waals surface area (Å²) in [6, 6.07) is 8.12. The van der Waals surface area contributed by atoms with Gasteiger partial charge in [0.05, 0.1) is 0 Å². The summed E-state index contributed by atoms with van der Waals surface area (Å²) in [7, 11) is 0. The van der Waals surface area contributed by atoms with Crippen molar-refractivity contribution in [3.8, 4) is 0 Å². The SMILES string of the molecule is CCCN(Cc1ccc(N)cc1)c1ncnc2c1CCC2. The molecule has 1 aliphatic rings. The molecule has 0 amide bonds. The van der Waals surface area contributed by atoms with Gasteiger partial charge in [-0.15, -0.1) is 0 Å². The second-order valence-corrected chi connectivity index (χ2v) is 5.64. The highest BCUT2D eigenvalue weighted by atomic mass is 15.2. The first-order chi connectivity index (χ1) is 10.3. The number of aryl methyl sites for hydroxylation is 1. The van der Waals surface area contributed by atoms with Crippen molar-refractivity contribution in [1.82, 2.24) is 9.97 Å². The van der Waals surface area contributed by atoms with Crippen LogP contribution in [0, 0.1) is 0 Å². The van der Waals surface area contributed by atoms with Crippen molar-refractivity contribution in [2.45, 2.75) is 39.2 Å². The van der Waals surface area contributed by atoms with Crippen molar-refractivity contribution >= 4 is 11.5 Å². The second kappa shape index (κ2) is 6.12. The normalized spacial score (nSPS) is 13.2. The third kappa shape index (κ3) is 2.99. The number of benzene rings is 1. The van der Waals surface area contributed by atoms with Crippen molar-refractivity contribution in [1.29, 1.82) is 0 Å². The fourth-order valence-electron chi connectivity index (χ4n) is 2.99. The number of nitrogens with two attached hydrogens (primary N) is 1. The van der Waals surface area contributed by atoms with Gasteiger partial charge < -0.3 is 10.6 Å². The van der Waals surface area contributed by atoms with E-state index in [9.17, 15) is 0 Å². The van der Waals surface area contributed by atoms with Gasteiger partial charge >= 0.3 is 0 Å². The van der Waals surface area contributed by atoms with Gasteiger partial charge in [0.1, 0.15) is 12.1 Å². The van der Waals surface area contributed by atoms with E-state index >= 15 is 0 Å². The number of nitrogen functional groups attached to an aromatic ring is 1. The summed E-state index contributed by atoms with van der Waals surface area (Å²) in [5.74, 6) is 1.12. The van der Waals surface area contributed by atoms with Gasteiger partial charge in [-0.3, -0.25) is 0 Å². The fraction of sp³-hybridized carbons (Fsp3) is 0.412. The first-order valence-electron chi connectivity index (χ1n) is 7.70. The van der Waals surface area contributed by atoms with Crippen LogP contribution in [0.15, 0.2) is 30.6 Å². The molecule has 0 saturated carbocycles. The van der Waals surface area contributed by atoms with Crippen molar-refractivity contribution in [2.75, 3.05) is 17.2 Å². The molecule has 0 radical (unpaired) electrons. The first kappa shape index (κ1) is 13.9. The number of hydrogen-bond acceptors (Lipinski definition) is 4. The smallest absolute Gasteiger partial charge is 0.135 e. The van der Waals surface area contributed by atoms with E-state index in [2.05, 4.69) is 33.9 Å². The predicted molar refractivity (Wildman–Crippen MR) is 86.3 cm³/mol. The minimum absolute atomic E-state index is 0.809. The standard InChI is InChI=1S/C17H22N4/c1-2-10-21(11-13-6-8-14(18)9-7-13)17-15-4-3-5-16(15)19-12-20-17/h6-9,12H,2-5,10-11,18H2,1H3. The molecule has 4 nitrogen and oxygen atoms in total. The van der Waals surface area contributed by atoms with Crippen LogP contribution in [0.2, 0.25) is 0 Å². The quantitative estimate of drug-likeness (QED) is 0.857. The van der Waals surface area contributed by atoms with Crippen molar-refractivity contribution < 1.29 is 0 Å². The van der Waals surface area contributed by atoms with Gasteiger partial charge in [0.2, 0.25) is 0 Å². The van der Waals surface area contributed by atoms with E-state index in [0.29, 0.717) is 0 Å². The van der Waals surface area contributed by atoms with Crippen molar-refractivity contribution in [3.63, 3.8) is 0 Å². The van der Waals surface area contributed by atoms with E-state index in [4.69, 9.17) is 5.73 Å². The Labute approximate surface area is 126 Å². The summed E-state index contributed by atoms with van der Waals surface area (Å²) in [4.78, 5) is 11.4. The summed E-state index contributed by atoms with van der Waals surface area (Å²) < 4.78 is 0. The van der Waals surface area contributed by atoms with Crippen LogP contribution in [-0.2, 0) is 19.4 Å². The molecule has 0 bridgehead atoms. The lowest BCUT2D eigenvalue weighted by Crippen LogP contribution is -2.26. The van der Waals surface area contributed by atoms with Crippen LogP contribution in [-0.4, -0.2) is 16.5 Å². The van der Waals surface area contributed by atoms with Crippen molar-refractivity contribution in [3.05, 3.63) is 47.4 Å². The topological polar surface area (TPSA) is 55.0 Å². The summed E-state index contributed by atoms with van der Waals surface area (Å²) in [6.07, 6.45) is 6.21. The molecule has 2 N–H and O–H groups in total. The zero-order valence-electron chi connectivity index (χ0n) is 12.5. The lowest BCUT2D eigenvalue weighted by Gasteiger charge is -2.25. The Balaban J connectivity index is 1.88. The number of hydrogen-bond donors (Lipinski definition) is 1. The molecule has 0 aliphatic heterocycles. The molecular formula is C17H22N4. The summed E-state index contributed by atoms with van der Waals surface area (Å²) >= 11 is 0.